The van der Waals surface area contributed by atoms with Gasteiger partial charge in [-0.05, 0) is 51.4 Å². The molecule has 0 spiro atoms. The summed E-state index contributed by atoms with van der Waals surface area (Å²) >= 11 is 0. The average Bonchev–Trinajstić information content (AvgIpc) is 2.29. The molecule has 0 amide bonds. The van der Waals surface area contributed by atoms with Crippen LogP contribution in [0.15, 0.2) is 18.2 Å². The minimum atomic E-state index is -0.168. The van der Waals surface area contributed by atoms with Gasteiger partial charge in [-0.25, -0.2) is 4.39 Å². The van der Waals surface area contributed by atoms with Gasteiger partial charge in [0.2, 0.25) is 0 Å². The molecule has 1 aliphatic heterocycles. The third-order valence-corrected chi connectivity index (χ3v) is 3.77. The van der Waals surface area contributed by atoms with Crippen molar-refractivity contribution >= 4 is 5.69 Å². The number of aryl methyl sites for hydroxylation is 1. The lowest BCUT2D eigenvalue weighted by Crippen LogP contribution is -2.42. The second-order valence-electron chi connectivity index (χ2n) is 5.15. The summed E-state index contributed by atoms with van der Waals surface area (Å²) in [5, 5.41) is 3.47. The molecule has 1 aromatic rings. The summed E-state index contributed by atoms with van der Waals surface area (Å²) in [4.78, 5) is 2.37. The predicted molar refractivity (Wildman–Crippen MR) is 69.9 cm³/mol. The van der Waals surface area contributed by atoms with Crippen LogP contribution in [0.2, 0.25) is 0 Å². The molecule has 1 N–H and O–H groups in total. The van der Waals surface area contributed by atoms with E-state index in [1.807, 2.05) is 13.0 Å². The molecule has 0 aliphatic carbocycles. The van der Waals surface area contributed by atoms with Gasteiger partial charge in [0.1, 0.15) is 5.82 Å². The number of rotatable bonds is 2. The van der Waals surface area contributed by atoms with Crippen LogP contribution in [0.4, 0.5) is 10.1 Å². The lowest BCUT2D eigenvalue weighted by molar-refractivity contribution is 0.190. The Labute approximate surface area is 103 Å². The highest BCUT2D eigenvalue weighted by Gasteiger charge is 2.22. The van der Waals surface area contributed by atoms with Crippen LogP contribution < -0.4 is 5.32 Å². The van der Waals surface area contributed by atoms with Gasteiger partial charge in [-0.2, -0.15) is 0 Å². The third-order valence-electron chi connectivity index (χ3n) is 3.77. The Bertz CT molecular complexity index is 392. The van der Waals surface area contributed by atoms with Crippen LogP contribution in [0.25, 0.3) is 0 Å². The number of likely N-dealkylation sites (tertiary alicyclic amines) is 1. The minimum Gasteiger partial charge on any atom is -0.382 e. The van der Waals surface area contributed by atoms with Crippen LogP contribution >= 0.6 is 0 Å². The van der Waals surface area contributed by atoms with Gasteiger partial charge in [0.15, 0.2) is 0 Å². The molecule has 3 heteroatoms. The van der Waals surface area contributed by atoms with Crippen molar-refractivity contribution in [3.8, 4) is 0 Å². The highest BCUT2D eigenvalue weighted by Crippen LogP contribution is 2.22. The van der Waals surface area contributed by atoms with Crippen molar-refractivity contribution in [2.45, 2.75) is 38.8 Å². The van der Waals surface area contributed by atoms with E-state index in [1.165, 1.54) is 6.07 Å². The Morgan fingerprint density at radius 1 is 1.41 bits per heavy atom. The van der Waals surface area contributed by atoms with Crippen molar-refractivity contribution in [2.75, 3.05) is 18.9 Å². The van der Waals surface area contributed by atoms with Crippen molar-refractivity contribution < 1.29 is 4.39 Å². The molecular formula is C14H21FN2. The molecule has 17 heavy (non-hydrogen) atoms. The highest BCUT2D eigenvalue weighted by atomic mass is 19.1. The SMILES string of the molecule is Cc1ccc(F)cc1NC1CCN(C)C(C)C1. The van der Waals surface area contributed by atoms with E-state index in [0.717, 1.165) is 30.6 Å². The number of benzene rings is 1. The van der Waals surface area contributed by atoms with Gasteiger partial charge in [0.05, 0.1) is 0 Å². The van der Waals surface area contributed by atoms with Crippen molar-refractivity contribution in [2.24, 2.45) is 0 Å². The minimum absolute atomic E-state index is 0.168. The van der Waals surface area contributed by atoms with E-state index in [1.54, 1.807) is 6.07 Å². The molecular weight excluding hydrogens is 215 g/mol. The molecule has 1 fully saturated rings. The van der Waals surface area contributed by atoms with Crippen molar-refractivity contribution in [1.29, 1.82) is 0 Å². The maximum Gasteiger partial charge on any atom is 0.125 e. The number of nitrogens with zero attached hydrogens (tertiary/aromatic N) is 1. The Kier molecular flexibility index (Phi) is 3.67. The fourth-order valence-electron chi connectivity index (χ4n) is 2.39. The number of halogens is 1. The molecule has 0 aromatic heterocycles. The van der Waals surface area contributed by atoms with Gasteiger partial charge >= 0.3 is 0 Å². The monoisotopic (exact) mass is 236 g/mol. The van der Waals surface area contributed by atoms with E-state index in [2.05, 4.69) is 24.2 Å². The third kappa shape index (κ3) is 2.97. The van der Waals surface area contributed by atoms with Crippen LogP contribution in [0.1, 0.15) is 25.3 Å². The Morgan fingerprint density at radius 3 is 2.88 bits per heavy atom. The zero-order valence-corrected chi connectivity index (χ0v) is 10.8. The first-order chi connectivity index (χ1) is 8.06. The molecule has 1 aromatic carbocycles. The van der Waals surface area contributed by atoms with E-state index in [-0.39, 0.29) is 5.82 Å². The topological polar surface area (TPSA) is 15.3 Å². The normalized spacial score (nSPS) is 25.9. The number of hydrogen-bond donors (Lipinski definition) is 1. The second kappa shape index (κ2) is 5.05. The largest absolute Gasteiger partial charge is 0.382 e. The van der Waals surface area contributed by atoms with Gasteiger partial charge in [-0.15, -0.1) is 0 Å². The quantitative estimate of drug-likeness (QED) is 0.849. The summed E-state index contributed by atoms with van der Waals surface area (Å²) in [6.45, 7) is 5.36. The Morgan fingerprint density at radius 2 is 2.18 bits per heavy atom. The molecule has 0 bridgehead atoms. The van der Waals surface area contributed by atoms with E-state index in [0.29, 0.717) is 12.1 Å². The molecule has 2 nitrogen and oxygen atoms in total. The van der Waals surface area contributed by atoms with E-state index in [4.69, 9.17) is 0 Å². The number of anilines is 1. The first kappa shape index (κ1) is 12.4. The van der Waals surface area contributed by atoms with Crippen LogP contribution in [-0.2, 0) is 0 Å². The van der Waals surface area contributed by atoms with Gasteiger partial charge in [0.25, 0.3) is 0 Å². The number of nitrogens with one attached hydrogen (secondary N) is 1. The van der Waals surface area contributed by atoms with Gasteiger partial charge < -0.3 is 10.2 Å². The van der Waals surface area contributed by atoms with E-state index < -0.39 is 0 Å². The molecule has 2 unspecified atom stereocenters. The first-order valence-corrected chi connectivity index (χ1v) is 6.29. The second-order valence-corrected chi connectivity index (χ2v) is 5.15. The Balaban J connectivity index is 2.03. The van der Waals surface area contributed by atoms with Gasteiger partial charge in [-0.1, -0.05) is 6.07 Å². The standard InChI is InChI=1S/C14H21FN2/c1-10-4-5-12(15)9-14(10)16-13-6-7-17(3)11(2)8-13/h4-5,9,11,13,16H,6-8H2,1-3H3. The van der Waals surface area contributed by atoms with Crippen LogP contribution in [0.3, 0.4) is 0 Å². The summed E-state index contributed by atoms with van der Waals surface area (Å²) in [5.74, 6) is -0.168. The molecule has 1 saturated heterocycles. The summed E-state index contributed by atoms with van der Waals surface area (Å²) in [6, 6.07) is 5.99. The average molecular weight is 236 g/mol. The van der Waals surface area contributed by atoms with Crippen LogP contribution in [0, 0.1) is 12.7 Å². The van der Waals surface area contributed by atoms with E-state index >= 15 is 0 Å². The predicted octanol–water partition coefficient (Wildman–Crippen LogP) is 3.03. The molecule has 0 radical (unpaired) electrons. The molecule has 1 aliphatic rings. The lowest BCUT2D eigenvalue weighted by Gasteiger charge is -2.36. The maximum atomic E-state index is 13.2. The Hall–Kier alpha value is -1.09. The molecule has 2 rings (SSSR count). The van der Waals surface area contributed by atoms with Crippen molar-refractivity contribution in [1.82, 2.24) is 4.90 Å². The zero-order valence-electron chi connectivity index (χ0n) is 10.8. The van der Waals surface area contributed by atoms with Crippen molar-refractivity contribution in [3.63, 3.8) is 0 Å². The molecule has 94 valence electrons. The van der Waals surface area contributed by atoms with Gasteiger partial charge in [-0.3, -0.25) is 0 Å². The highest BCUT2D eigenvalue weighted by molar-refractivity contribution is 5.51. The van der Waals surface area contributed by atoms with Crippen LogP contribution in [0.5, 0.6) is 0 Å². The van der Waals surface area contributed by atoms with Crippen molar-refractivity contribution in [3.05, 3.63) is 29.6 Å². The maximum absolute atomic E-state index is 13.2. The molecule has 1 heterocycles. The smallest absolute Gasteiger partial charge is 0.125 e. The van der Waals surface area contributed by atoms with Crippen LogP contribution in [-0.4, -0.2) is 30.6 Å². The lowest BCUT2D eigenvalue weighted by atomic mass is 9.98. The van der Waals surface area contributed by atoms with E-state index in [9.17, 15) is 4.39 Å². The summed E-state index contributed by atoms with van der Waals surface area (Å²) in [6.07, 6.45) is 2.24. The number of piperidine rings is 1. The zero-order chi connectivity index (χ0) is 12.4. The summed E-state index contributed by atoms with van der Waals surface area (Å²) < 4.78 is 13.2. The molecule has 2 atom stereocenters. The summed E-state index contributed by atoms with van der Waals surface area (Å²) in [7, 11) is 2.16. The summed E-state index contributed by atoms with van der Waals surface area (Å²) in [5.41, 5.74) is 2.05. The molecule has 0 saturated carbocycles. The van der Waals surface area contributed by atoms with Gasteiger partial charge in [0, 0.05) is 24.3 Å². The fourth-order valence-corrected chi connectivity index (χ4v) is 2.39. The first-order valence-electron chi connectivity index (χ1n) is 6.29. The number of hydrogen-bond acceptors (Lipinski definition) is 2. The fraction of sp³-hybridized carbons (Fsp3) is 0.571.